The fraction of sp³-hybridized carbons (Fsp3) is 0.250. The van der Waals surface area contributed by atoms with E-state index in [1.165, 1.54) is 30.3 Å². The Morgan fingerprint density at radius 2 is 2.00 bits per heavy atom. The van der Waals surface area contributed by atoms with Gasteiger partial charge in [-0.1, -0.05) is 12.1 Å². The Labute approximate surface area is 93.5 Å². The van der Waals surface area contributed by atoms with Gasteiger partial charge in [0.15, 0.2) is 5.82 Å². The molecule has 0 saturated heterocycles. The molecule has 2 aromatic rings. The van der Waals surface area contributed by atoms with Crippen LogP contribution in [-0.2, 0) is 12.8 Å². The summed E-state index contributed by atoms with van der Waals surface area (Å²) in [6.07, 6.45) is 4.94. The number of benzene rings is 1. The summed E-state index contributed by atoms with van der Waals surface area (Å²) in [7, 11) is 0. The molecule has 16 heavy (non-hydrogen) atoms. The predicted molar refractivity (Wildman–Crippen MR) is 61.7 cm³/mol. The van der Waals surface area contributed by atoms with Crippen LogP contribution in [0.15, 0.2) is 24.5 Å². The molecule has 0 radical (unpaired) electrons. The minimum absolute atomic E-state index is 0.438. The van der Waals surface area contributed by atoms with Crippen LogP contribution in [0, 0.1) is 0 Å². The van der Waals surface area contributed by atoms with Crippen molar-refractivity contribution in [3.8, 4) is 11.3 Å². The van der Waals surface area contributed by atoms with Crippen LogP contribution in [0.1, 0.15) is 17.5 Å². The Hall–Kier alpha value is -1.97. The molecule has 0 amide bonds. The van der Waals surface area contributed by atoms with E-state index in [0.717, 1.165) is 12.0 Å². The van der Waals surface area contributed by atoms with E-state index in [2.05, 4.69) is 27.3 Å². The van der Waals surface area contributed by atoms with Crippen molar-refractivity contribution in [3.63, 3.8) is 0 Å². The Bertz CT molecular complexity index is 536. The summed E-state index contributed by atoms with van der Waals surface area (Å²) in [5.74, 6) is 0.438. The van der Waals surface area contributed by atoms with E-state index in [1.807, 2.05) is 6.07 Å². The highest BCUT2D eigenvalue weighted by atomic mass is 15.1. The minimum Gasteiger partial charge on any atom is -0.382 e. The predicted octanol–water partition coefficient (Wildman–Crippen LogP) is 1.61. The first-order valence-corrected chi connectivity index (χ1v) is 5.40. The quantitative estimate of drug-likeness (QED) is 0.780. The normalized spacial score (nSPS) is 13.8. The second-order valence-corrected chi connectivity index (χ2v) is 4.03. The molecule has 1 heterocycles. The summed E-state index contributed by atoms with van der Waals surface area (Å²) in [6, 6.07) is 6.36. The van der Waals surface area contributed by atoms with Crippen LogP contribution in [0.3, 0.4) is 0 Å². The van der Waals surface area contributed by atoms with Crippen molar-refractivity contribution < 1.29 is 0 Å². The lowest BCUT2D eigenvalue weighted by Crippen LogP contribution is -1.98. The Morgan fingerprint density at radius 3 is 2.88 bits per heavy atom. The van der Waals surface area contributed by atoms with E-state index in [4.69, 9.17) is 5.73 Å². The first kappa shape index (κ1) is 9.27. The van der Waals surface area contributed by atoms with Crippen molar-refractivity contribution in [2.75, 3.05) is 5.73 Å². The number of fused-ring (bicyclic) bond motifs is 1. The van der Waals surface area contributed by atoms with E-state index >= 15 is 0 Å². The van der Waals surface area contributed by atoms with Crippen molar-refractivity contribution in [1.29, 1.82) is 0 Å². The van der Waals surface area contributed by atoms with Crippen LogP contribution in [-0.4, -0.2) is 15.2 Å². The summed E-state index contributed by atoms with van der Waals surface area (Å²) >= 11 is 0. The molecular weight excluding hydrogens is 200 g/mol. The lowest BCUT2D eigenvalue weighted by atomic mass is 10.0. The maximum Gasteiger partial charge on any atom is 0.153 e. The van der Waals surface area contributed by atoms with E-state index in [0.29, 0.717) is 11.5 Å². The van der Waals surface area contributed by atoms with Gasteiger partial charge in [0.2, 0.25) is 0 Å². The number of anilines is 1. The van der Waals surface area contributed by atoms with E-state index in [9.17, 15) is 0 Å². The van der Waals surface area contributed by atoms with Crippen LogP contribution >= 0.6 is 0 Å². The average molecular weight is 212 g/mol. The number of hydrogen-bond donors (Lipinski definition) is 1. The maximum atomic E-state index is 5.78. The van der Waals surface area contributed by atoms with Crippen molar-refractivity contribution in [3.05, 3.63) is 35.7 Å². The Kier molecular flexibility index (Phi) is 2.06. The molecule has 1 aromatic heterocycles. The molecular formula is C12H12N4. The molecule has 4 nitrogen and oxygen atoms in total. The van der Waals surface area contributed by atoms with Gasteiger partial charge in [0.1, 0.15) is 12.0 Å². The highest BCUT2D eigenvalue weighted by Gasteiger charge is 2.13. The SMILES string of the molecule is Nc1ncnnc1-c1ccc2c(c1)CCC2. The maximum absolute atomic E-state index is 5.78. The Morgan fingerprint density at radius 1 is 1.12 bits per heavy atom. The van der Waals surface area contributed by atoms with Crippen LogP contribution in [0.4, 0.5) is 5.82 Å². The number of nitrogen functional groups attached to an aromatic ring is 1. The second-order valence-electron chi connectivity index (χ2n) is 4.03. The third-order valence-corrected chi connectivity index (χ3v) is 3.02. The summed E-state index contributed by atoms with van der Waals surface area (Å²) < 4.78 is 0. The van der Waals surface area contributed by atoms with E-state index in [1.54, 1.807) is 0 Å². The molecule has 80 valence electrons. The topological polar surface area (TPSA) is 64.7 Å². The van der Waals surface area contributed by atoms with Crippen molar-refractivity contribution >= 4 is 5.82 Å². The molecule has 0 bridgehead atoms. The molecule has 1 aliphatic carbocycles. The summed E-state index contributed by atoms with van der Waals surface area (Å²) in [6.45, 7) is 0. The van der Waals surface area contributed by atoms with E-state index < -0.39 is 0 Å². The number of hydrogen-bond acceptors (Lipinski definition) is 4. The number of rotatable bonds is 1. The molecule has 0 saturated carbocycles. The van der Waals surface area contributed by atoms with Crippen LogP contribution in [0.5, 0.6) is 0 Å². The van der Waals surface area contributed by atoms with Gasteiger partial charge in [0.25, 0.3) is 0 Å². The standard InChI is InChI=1S/C12H12N4/c13-12-11(16-15-7-14-12)10-5-4-8-2-1-3-9(8)6-10/h4-7H,1-3H2,(H2,13,14,15). The third kappa shape index (κ3) is 1.43. The van der Waals surface area contributed by atoms with Gasteiger partial charge in [-0.05, 0) is 36.5 Å². The van der Waals surface area contributed by atoms with Gasteiger partial charge in [0.05, 0.1) is 0 Å². The zero-order valence-corrected chi connectivity index (χ0v) is 8.85. The fourth-order valence-corrected chi connectivity index (χ4v) is 2.21. The largest absolute Gasteiger partial charge is 0.382 e. The first-order valence-electron chi connectivity index (χ1n) is 5.40. The second kappa shape index (κ2) is 3.56. The average Bonchev–Trinajstić information content (AvgIpc) is 2.76. The molecule has 2 N–H and O–H groups in total. The lowest BCUT2D eigenvalue weighted by molar-refractivity contribution is 0.911. The molecule has 0 aliphatic heterocycles. The van der Waals surface area contributed by atoms with Crippen molar-refractivity contribution in [1.82, 2.24) is 15.2 Å². The molecule has 0 unspecified atom stereocenters. The molecule has 0 atom stereocenters. The number of nitrogens with zero attached hydrogens (tertiary/aromatic N) is 3. The molecule has 4 heteroatoms. The smallest absolute Gasteiger partial charge is 0.153 e. The van der Waals surface area contributed by atoms with Crippen molar-refractivity contribution in [2.45, 2.75) is 19.3 Å². The molecule has 1 aliphatic rings. The number of aromatic nitrogens is 3. The zero-order valence-electron chi connectivity index (χ0n) is 8.85. The molecule has 1 aromatic carbocycles. The van der Waals surface area contributed by atoms with Gasteiger partial charge in [-0.25, -0.2) is 4.98 Å². The monoisotopic (exact) mass is 212 g/mol. The molecule has 0 fully saturated rings. The Balaban J connectivity index is 2.11. The summed E-state index contributed by atoms with van der Waals surface area (Å²) in [5, 5.41) is 7.81. The zero-order chi connectivity index (χ0) is 11.0. The first-order chi connectivity index (χ1) is 7.84. The lowest BCUT2D eigenvalue weighted by Gasteiger charge is -2.05. The van der Waals surface area contributed by atoms with E-state index in [-0.39, 0.29) is 0 Å². The van der Waals surface area contributed by atoms with Gasteiger partial charge in [-0.2, -0.15) is 0 Å². The van der Waals surface area contributed by atoms with Gasteiger partial charge in [-0.15, -0.1) is 10.2 Å². The van der Waals surface area contributed by atoms with Crippen LogP contribution in [0.2, 0.25) is 0 Å². The van der Waals surface area contributed by atoms with Gasteiger partial charge < -0.3 is 5.73 Å². The highest BCUT2D eigenvalue weighted by molar-refractivity contribution is 5.70. The van der Waals surface area contributed by atoms with Crippen LogP contribution < -0.4 is 5.73 Å². The number of aryl methyl sites for hydroxylation is 2. The summed E-state index contributed by atoms with van der Waals surface area (Å²) in [5.41, 5.74) is 10.3. The molecule has 0 spiro atoms. The van der Waals surface area contributed by atoms with Gasteiger partial charge in [0, 0.05) is 5.56 Å². The minimum atomic E-state index is 0.438. The fourth-order valence-electron chi connectivity index (χ4n) is 2.21. The summed E-state index contributed by atoms with van der Waals surface area (Å²) in [4.78, 5) is 3.95. The van der Waals surface area contributed by atoms with Crippen molar-refractivity contribution in [2.24, 2.45) is 0 Å². The van der Waals surface area contributed by atoms with Gasteiger partial charge in [-0.3, -0.25) is 0 Å². The van der Waals surface area contributed by atoms with Crippen LogP contribution in [0.25, 0.3) is 11.3 Å². The highest BCUT2D eigenvalue weighted by Crippen LogP contribution is 2.28. The molecule has 3 rings (SSSR count). The third-order valence-electron chi connectivity index (χ3n) is 3.02. The van der Waals surface area contributed by atoms with Gasteiger partial charge >= 0.3 is 0 Å². The number of nitrogens with two attached hydrogens (primary N) is 1.